The van der Waals surface area contributed by atoms with Crippen LogP contribution in [0.4, 0.5) is 4.39 Å². The van der Waals surface area contributed by atoms with Crippen LogP contribution < -0.4 is 10.6 Å². The highest BCUT2D eigenvalue weighted by molar-refractivity contribution is 14.0. The number of hydrogen-bond donors (Lipinski definition) is 2. The standard InChI is InChI=1S/C19H31FN4.HI/c1-4-21-19(23-17-8-6-5-7-9-17)22-13-15-10-11-18(20)16(12-15)14-24(2)3;/h10-12,17H,4-9,13-14H2,1-3H3,(H2,21,22,23);1H. The molecule has 2 rings (SSSR count). The first-order valence-electron chi connectivity index (χ1n) is 9.05. The largest absolute Gasteiger partial charge is 0.357 e. The number of aliphatic imine (C=N–C) groups is 1. The van der Waals surface area contributed by atoms with Gasteiger partial charge in [-0.15, -0.1) is 24.0 Å². The average molecular weight is 462 g/mol. The lowest BCUT2D eigenvalue weighted by atomic mass is 9.96. The zero-order valence-electron chi connectivity index (χ0n) is 15.6. The van der Waals surface area contributed by atoms with Gasteiger partial charge in [-0.3, -0.25) is 0 Å². The van der Waals surface area contributed by atoms with Crippen LogP contribution in [0, 0.1) is 5.82 Å². The third-order valence-corrected chi connectivity index (χ3v) is 4.31. The summed E-state index contributed by atoms with van der Waals surface area (Å²) in [6, 6.07) is 5.81. The van der Waals surface area contributed by atoms with Gasteiger partial charge in [0.15, 0.2) is 5.96 Å². The van der Waals surface area contributed by atoms with E-state index in [1.54, 1.807) is 6.07 Å². The Morgan fingerprint density at radius 1 is 1.24 bits per heavy atom. The summed E-state index contributed by atoms with van der Waals surface area (Å²) in [5.74, 6) is 0.714. The molecule has 1 fully saturated rings. The Balaban J connectivity index is 0.00000312. The molecule has 6 heteroatoms. The summed E-state index contributed by atoms with van der Waals surface area (Å²) in [7, 11) is 3.89. The second-order valence-electron chi connectivity index (χ2n) is 6.84. The lowest BCUT2D eigenvalue weighted by Gasteiger charge is -2.24. The first kappa shape index (κ1) is 22.2. The van der Waals surface area contributed by atoms with Crippen molar-refractivity contribution in [1.29, 1.82) is 0 Å². The van der Waals surface area contributed by atoms with Crippen molar-refractivity contribution in [3.8, 4) is 0 Å². The van der Waals surface area contributed by atoms with E-state index in [1.807, 2.05) is 31.1 Å². The van der Waals surface area contributed by atoms with Crippen LogP contribution >= 0.6 is 24.0 Å². The third kappa shape index (κ3) is 7.90. The summed E-state index contributed by atoms with van der Waals surface area (Å²) < 4.78 is 13.9. The number of nitrogens with zero attached hydrogens (tertiary/aromatic N) is 2. The van der Waals surface area contributed by atoms with Crippen LogP contribution in [0.2, 0.25) is 0 Å². The smallest absolute Gasteiger partial charge is 0.191 e. The Morgan fingerprint density at radius 3 is 2.60 bits per heavy atom. The fraction of sp³-hybridized carbons (Fsp3) is 0.632. The molecule has 0 saturated heterocycles. The Labute approximate surface area is 168 Å². The van der Waals surface area contributed by atoms with Gasteiger partial charge in [0.2, 0.25) is 0 Å². The highest BCUT2D eigenvalue weighted by Gasteiger charge is 2.14. The van der Waals surface area contributed by atoms with E-state index in [4.69, 9.17) is 0 Å². The summed E-state index contributed by atoms with van der Waals surface area (Å²) >= 11 is 0. The van der Waals surface area contributed by atoms with E-state index < -0.39 is 0 Å². The Kier molecular flexibility index (Phi) is 10.3. The minimum absolute atomic E-state index is 0. The van der Waals surface area contributed by atoms with Gasteiger partial charge in [0, 0.05) is 24.7 Å². The Bertz CT molecular complexity index is 542. The van der Waals surface area contributed by atoms with Crippen LogP contribution in [0.1, 0.15) is 50.2 Å². The molecule has 1 aliphatic carbocycles. The first-order valence-corrected chi connectivity index (χ1v) is 9.05. The predicted molar refractivity (Wildman–Crippen MR) is 114 cm³/mol. The second-order valence-corrected chi connectivity index (χ2v) is 6.84. The molecule has 1 aliphatic rings. The van der Waals surface area contributed by atoms with Gasteiger partial charge in [-0.2, -0.15) is 0 Å². The molecule has 2 N–H and O–H groups in total. The Morgan fingerprint density at radius 2 is 1.96 bits per heavy atom. The molecule has 1 aromatic rings. The number of nitrogens with one attached hydrogen (secondary N) is 2. The fourth-order valence-electron chi connectivity index (χ4n) is 3.12. The third-order valence-electron chi connectivity index (χ3n) is 4.31. The molecule has 0 bridgehead atoms. The van der Waals surface area contributed by atoms with Gasteiger partial charge < -0.3 is 15.5 Å². The normalized spacial score (nSPS) is 15.8. The lowest BCUT2D eigenvalue weighted by Crippen LogP contribution is -2.44. The zero-order chi connectivity index (χ0) is 17.4. The summed E-state index contributed by atoms with van der Waals surface area (Å²) in [6.45, 7) is 4.07. The number of hydrogen-bond acceptors (Lipinski definition) is 2. The molecule has 0 heterocycles. The maximum Gasteiger partial charge on any atom is 0.191 e. The van der Waals surface area contributed by atoms with Crippen molar-refractivity contribution in [2.75, 3.05) is 20.6 Å². The van der Waals surface area contributed by atoms with Gasteiger partial charge in [-0.1, -0.05) is 25.3 Å². The van der Waals surface area contributed by atoms with Crippen molar-refractivity contribution < 1.29 is 4.39 Å². The minimum Gasteiger partial charge on any atom is -0.357 e. The van der Waals surface area contributed by atoms with Crippen LogP contribution in [-0.4, -0.2) is 37.5 Å². The van der Waals surface area contributed by atoms with E-state index >= 15 is 0 Å². The summed E-state index contributed by atoms with van der Waals surface area (Å²) in [5.41, 5.74) is 1.76. The summed E-state index contributed by atoms with van der Waals surface area (Å²) in [4.78, 5) is 6.66. The molecular weight excluding hydrogens is 430 g/mol. The molecule has 0 radical (unpaired) electrons. The van der Waals surface area contributed by atoms with E-state index in [9.17, 15) is 4.39 Å². The molecule has 0 aromatic heterocycles. The molecule has 0 unspecified atom stereocenters. The zero-order valence-corrected chi connectivity index (χ0v) is 18.0. The van der Waals surface area contributed by atoms with E-state index in [0.717, 1.165) is 23.6 Å². The molecule has 142 valence electrons. The maximum absolute atomic E-state index is 13.9. The Hall–Kier alpha value is -0.890. The number of halogens is 2. The van der Waals surface area contributed by atoms with Gasteiger partial charge in [0.05, 0.1) is 6.54 Å². The van der Waals surface area contributed by atoms with Gasteiger partial charge >= 0.3 is 0 Å². The fourth-order valence-corrected chi connectivity index (χ4v) is 3.12. The molecule has 1 aromatic carbocycles. The van der Waals surface area contributed by atoms with Gasteiger partial charge in [-0.25, -0.2) is 9.38 Å². The van der Waals surface area contributed by atoms with Gasteiger partial charge in [-0.05, 0) is 51.6 Å². The van der Waals surface area contributed by atoms with Crippen molar-refractivity contribution >= 4 is 29.9 Å². The van der Waals surface area contributed by atoms with Crippen LogP contribution in [0.15, 0.2) is 23.2 Å². The van der Waals surface area contributed by atoms with Crippen molar-refractivity contribution in [2.24, 2.45) is 4.99 Å². The topological polar surface area (TPSA) is 39.7 Å². The van der Waals surface area contributed by atoms with E-state index in [1.165, 1.54) is 32.1 Å². The van der Waals surface area contributed by atoms with Crippen molar-refractivity contribution in [1.82, 2.24) is 15.5 Å². The number of guanidine groups is 1. The monoisotopic (exact) mass is 462 g/mol. The predicted octanol–water partition coefficient (Wildman–Crippen LogP) is 3.89. The molecule has 4 nitrogen and oxygen atoms in total. The van der Waals surface area contributed by atoms with Crippen molar-refractivity contribution in [3.63, 3.8) is 0 Å². The molecular formula is C19H32FIN4. The first-order chi connectivity index (χ1) is 11.6. The van der Waals surface area contributed by atoms with E-state index in [0.29, 0.717) is 19.1 Å². The van der Waals surface area contributed by atoms with Crippen molar-refractivity contribution in [3.05, 3.63) is 35.1 Å². The molecule has 0 atom stereocenters. The van der Waals surface area contributed by atoms with E-state index in [-0.39, 0.29) is 29.8 Å². The molecule has 1 saturated carbocycles. The number of rotatable bonds is 6. The quantitative estimate of drug-likeness (QED) is 0.383. The maximum atomic E-state index is 13.9. The average Bonchev–Trinajstić information content (AvgIpc) is 2.56. The van der Waals surface area contributed by atoms with Gasteiger partial charge in [0.25, 0.3) is 0 Å². The van der Waals surface area contributed by atoms with Gasteiger partial charge in [0.1, 0.15) is 5.82 Å². The highest BCUT2D eigenvalue weighted by atomic mass is 127. The number of benzene rings is 1. The summed E-state index contributed by atoms with van der Waals surface area (Å²) in [5, 5.41) is 6.86. The van der Waals surface area contributed by atoms with Crippen LogP contribution in [0.5, 0.6) is 0 Å². The minimum atomic E-state index is -0.149. The van der Waals surface area contributed by atoms with Crippen LogP contribution in [0.25, 0.3) is 0 Å². The van der Waals surface area contributed by atoms with E-state index in [2.05, 4.69) is 22.5 Å². The summed E-state index contributed by atoms with van der Waals surface area (Å²) in [6.07, 6.45) is 6.36. The van der Waals surface area contributed by atoms with Crippen molar-refractivity contribution in [2.45, 2.75) is 58.2 Å². The SMILES string of the molecule is CCNC(=NCc1ccc(F)c(CN(C)C)c1)NC1CCCCC1.I. The molecule has 0 spiro atoms. The molecule has 25 heavy (non-hydrogen) atoms. The second kappa shape index (κ2) is 11.7. The molecule has 0 amide bonds. The van der Waals surface area contributed by atoms with Crippen LogP contribution in [0.3, 0.4) is 0 Å². The van der Waals surface area contributed by atoms with Crippen LogP contribution in [-0.2, 0) is 13.1 Å². The lowest BCUT2D eigenvalue weighted by molar-refractivity contribution is 0.392. The molecule has 0 aliphatic heterocycles. The highest BCUT2D eigenvalue weighted by Crippen LogP contribution is 2.17.